The Morgan fingerprint density at radius 2 is 1.93 bits per heavy atom. The van der Waals surface area contributed by atoms with Crippen LogP contribution in [-0.2, 0) is 9.53 Å². The molecule has 0 amide bonds. The molecule has 1 aliphatic heterocycles. The summed E-state index contributed by atoms with van der Waals surface area (Å²) in [5.41, 5.74) is 0.189. The van der Waals surface area contributed by atoms with Crippen molar-refractivity contribution in [1.82, 2.24) is 5.32 Å². The van der Waals surface area contributed by atoms with Crippen molar-refractivity contribution < 1.29 is 9.53 Å². The van der Waals surface area contributed by atoms with Crippen LogP contribution in [0.4, 0.5) is 0 Å². The maximum Gasteiger partial charge on any atom is 0.316 e. The lowest BCUT2D eigenvalue weighted by Gasteiger charge is -2.29. The monoisotopic (exact) mass is 211 g/mol. The highest BCUT2D eigenvalue weighted by atomic mass is 16.6. The third-order valence-electron chi connectivity index (χ3n) is 2.52. The molecule has 0 saturated carbocycles. The van der Waals surface area contributed by atoms with Crippen molar-refractivity contribution in [2.45, 2.75) is 40.2 Å². The fourth-order valence-corrected chi connectivity index (χ4v) is 1.49. The molecule has 1 rings (SSSR count). The first-order valence-electron chi connectivity index (χ1n) is 5.37. The zero-order chi connectivity index (χ0) is 11.7. The molecule has 86 valence electrons. The van der Waals surface area contributed by atoms with Crippen LogP contribution in [0.15, 0.2) is 11.6 Å². The van der Waals surface area contributed by atoms with Gasteiger partial charge < -0.3 is 10.1 Å². The predicted octanol–water partition coefficient (Wildman–Crippen LogP) is 1.88. The second kappa shape index (κ2) is 3.97. The van der Waals surface area contributed by atoms with Crippen molar-refractivity contribution in [1.29, 1.82) is 0 Å². The molecule has 0 aromatic rings. The van der Waals surface area contributed by atoms with E-state index >= 15 is 0 Å². The molecule has 0 atom stereocenters. The first kappa shape index (κ1) is 12.2. The Balaban J connectivity index is 2.73. The molecule has 0 radical (unpaired) electrons. The molecule has 0 fully saturated rings. The van der Waals surface area contributed by atoms with E-state index < -0.39 is 11.0 Å². The van der Waals surface area contributed by atoms with Crippen molar-refractivity contribution in [3.8, 4) is 0 Å². The molecule has 1 N–H and O–H groups in total. The van der Waals surface area contributed by atoms with Gasteiger partial charge in [-0.2, -0.15) is 0 Å². The largest absolute Gasteiger partial charge is 0.459 e. The van der Waals surface area contributed by atoms with E-state index in [0.29, 0.717) is 0 Å². The minimum Gasteiger partial charge on any atom is -0.459 e. The van der Waals surface area contributed by atoms with E-state index in [2.05, 4.69) is 11.4 Å². The zero-order valence-corrected chi connectivity index (χ0v) is 10.3. The minimum absolute atomic E-state index is 0.148. The predicted molar refractivity (Wildman–Crippen MR) is 60.6 cm³/mol. The van der Waals surface area contributed by atoms with E-state index in [1.165, 1.54) is 0 Å². The smallest absolute Gasteiger partial charge is 0.316 e. The number of carbonyl (C=O) groups is 1. The van der Waals surface area contributed by atoms with Crippen molar-refractivity contribution in [3.63, 3.8) is 0 Å². The lowest BCUT2D eigenvalue weighted by atomic mass is 9.84. The van der Waals surface area contributed by atoms with Crippen LogP contribution < -0.4 is 5.32 Å². The Morgan fingerprint density at radius 1 is 1.33 bits per heavy atom. The first-order chi connectivity index (χ1) is 6.73. The van der Waals surface area contributed by atoms with Crippen LogP contribution in [0.3, 0.4) is 0 Å². The lowest BCUT2D eigenvalue weighted by molar-refractivity contribution is -0.163. The second-order valence-electron chi connectivity index (χ2n) is 5.49. The standard InChI is InChI=1S/C12H21NO2/c1-11(2,3)15-10(14)12(4,5)9-6-7-13-8-9/h6,13H,7-8H2,1-5H3. The molecule has 0 unspecified atom stereocenters. The van der Waals surface area contributed by atoms with Crippen molar-refractivity contribution in [3.05, 3.63) is 11.6 Å². The van der Waals surface area contributed by atoms with Gasteiger partial charge in [-0.1, -0.05) is 6.08 Å². The second-order valence-corrected chi connectivity index (χ2v) is 5.49. The van der Waals surface area contributed by atoms with Crippen molar-refractivity contribution in [2.24, 2.45) is 5.41 Å². The van der Waals surface area contributed by atoms with Crippen molar-refractivity contribution >= 4 is 5.97 Å². The van der Waals surface area contributed by atoms with Gasteiger partial charge >= 0.3 is 5.97 Å². The molecule has 15 heavy (non-hydrogen) atoms. The summed E-state index contributed by atoms with van der Waals surface area (Å²) in [6, 6.07) is 0. The van der Waals surface area contributed by atoms with E-state index in [-0.39, 0.29) is 5.97 Å². The third-order valence-corrected chi connectivity index (χ3v) is 2.52. The summed E-state index contributed by atoms with van der Waals surface area (Å²) in [6.45, 7) is 11.1. The van der Waals surface area contributed by atoms with Crippen LogP contribution >= 0.6 is 0 Å². The van der Waals surface area contributed by atoms with Gasteiger partial charge in [0.2, 0.25) is 0 Å². The lowest BCUT2D eigenvalue weighted by Crippen LogP contribution is -2.36. The van der Waals surface area contributed by atoms with Gasteiger partial charge in [0, 0.05) is 13.1 Å². The number of rotatable bonds is 2. The quantitative estimate of drug-likeness (QED) is 0.560. The molecule has 3 nitrogen and oxygen atoms in total. The summed E-state index contributed by atoms with van der Waals surface area (Å²) in [6.07, 6.45) is 2.07. The van der Waals surface area contributed by atoms with Gasteiger partial charge in [0.15, 0.2) is 0 Å². The highest BCUT2D eigenvalue weighted by molar-refractivity contribution is 5.80. The summed E-state index contributed by atoms with van der Waals surface area (Å²) >= 11 is 0. The Morgan fingerprint density at radius 3 is 2.33 bits per heavy atom. The molecule has 0 aromatic carbocycles. The number of nitrogens with one attached hydrogen (secondary N) is 1. The van der Waals surface area contributed by atoms with Crippen LogP contribution in [0.25, 0.3) is 0 Å². The van der Waals surface area contributed by atoms with Crippen LogP contribution in [0, 0.1) is 5.41 Å². The summed E-state index contributed by atoms with van der Waals surface area (Å²) in [5, 5.41) is 3.20. The fraction of sp³-hybridized carbons (Fsp3) is 0.750. The highest BCUT2D eigenvalue weighted by Gasteiger charge is 2.36. The van der Waals surface area contributed by atoms with Crippen LogP contribution in [-0.4, -0.2) is 24.7 Å². The molecule has 1 aliphatic rings. The molecule has 0 spiro atoms. The number of hydrogen-bond donors (Lipinski definition) is 1. The van der Waals surface area contributed by atoms with Gasteiger partial charge in [0.1, 0.15) is 5.60 Å². The van der Waals surface area contributed by atoms with Crippen LogP contribution in [0.5, 0.6) is 0 Å². The third kappa shape index (κ3) is 3.06. The molecule has 0 saturated heterocycles. The molecule has 0 aliphatic carbocycles. The normalized spacial score (nSPS) is 17.5. The Hall–Kier alpha value is -0.830. The Kier molecular flexibility index (Phi) is 3.24. The van der Waals surface area contributed by atoms with E-state index in [0.717, 1.165) is 18.7 Å². The average Bonchev–Trinajstić information content (AvgIpc) is 2.52. The molecule has 1 heterocycles. The van der Waals surface area contributed by atoms with Gasteiger partial charge in [0.25, 0.3) is 0 Å². The number of hydrogen-bond acceptors (Lipinski definition) is 3. The number of ether oxygens (including phenoxy) is 1. The van der Waals surface area contributed by atoms with Gasteiger partial charge in [-0.25, -0.2) is 0 Å². The van der Waals surface area contributed by atoms with Gasteiger partial charge in [0.05, 0.1) is 5.41 Å². The highest BCUT2D eigenvalue weighted by Crippen LogP contribution is 2.30. The maximum absolute atomic E-state index is 12.0. The van der Waals surface area contributed by atoms with Crippen LogP contribution in [0.1, 0.15) is 34.6 Å². The van der Waals surface area contributed by atoms with E-state index in [4.69, 9.17) is 4.74 Å². The summed E-state index contributed by atoms with van der Waals surface area (Å²) < 4.78 is 5.41. The molecular weight excluding hydrogens is 190 g/mol. The molecule has 3 heteroatoms. The van der Waals surface area contributed by atoms with Crippen LogP contribution in [0.2, 0.25) is 0 Å². The first-order valence-corrected chi connectivity index (χ1v) is 5.37. The molecule has 0 bridgehead atoms. The summed E-state index contributed by atoms with van der Waals surface area (Å²) in [7, 11) is 0. The van der Waals surface area contributed by atoms with E-state index in [1.54, 1.807) is 0 Å². The van der Waals surface area contributed by atoms with Gasteiger partial charge in [-0.3, -0.25) is 4.79 Å². The molecule has 0 aromatic heterocycles. The fourth-order valence-electron chi connectivity index (χ4n) is 1.49. The molecular formula is C12H21NO2. The topological polar surface area (TPSA) is 38.3 Å². The SMILES string of the molecule is CC(C)(C)OC(=O)C(C)(C)C1=CCNC1. The van der Waals surface area contributed by atoms with E-state index in [1.807, 2.05) is 34.6 Å². The number of carbonyl (C=O) groups excluding carboxylic acids is 1. The maximum atomic E-state index is 12.0. The average molecular weight is 211 g/mol. The zero-order valence-electron chi connectivity index (χ0n) is 10.3. The van der Waals surface area contributed by atoms with Gasteiger partial charge in [-0.05, 0) is 40.2 Å². The van der Waals surface area contributed by atoms with Crippen molar-refractivity contribution in [2.75, 3.05) is 13.1 Å². The number of esters is 1. The van der Waals surface area contributed by atoms with Gasteiger partial charge in [-0.15, -0.1) is 0 Å². The Bertz CT molecular complexity index is 284. The summed E-state index contributed by atoms with van der Waals surface area (Å²) in [5.74, 6) is -0.148. The summed E-state index contributed by atoms with van der Waals surface area (Å²) in [4.78, 5) is 12.0. The van der Waals surface area contributed by atoms with E-state index in [9.17, 15) is 4.79 Å². The minimum atomic E-state index is -0.517. The Labute approximate surface area is 91.9 Å².